The summed E-state index contributed by atoms with van der Waals surface area (Å²) >= 11 is 6.23. The molecule has 5 rings (SSSR count). The van der Waals surface area contributed by atoms with Gasteiger partial charge in [0.1, 0.15) is 22.7 Å². The Morgan fingerprint density at radius 1 is 1.22 bits per heavy atom. The van der Waals surface area contributed by atoms with Crippen LogP contribution < -0.4 is 11.1 Å². The van der Waals surface area contributed by atoms with E-state index in [0.717, 1.165) is 16.5 Å². The van der Waals surface area contributed by atoms with Crippen LogP contribution in [-0.4, -0.2) is 50.4 Å². The number of methoxy groups -OCH3 is 1. The average Bonchev–Trinajstić information content (AvgIpc) is 3.36. The molecule has 0 radical (unpaired) electrons. The van der Waals surface area contributed by atoms with Gasteiger partial charge in [0.25, 0.3) is 0 Å². The Kier molecular flexibility index (Phi) is 6.30. The van der Waals surface area contributed by atoms with Crippen molar-refractivity contribution >= 4 is 46.0 Å². The number of carbonyl (C=O) groups excluding carboxylic acids is 1. The van der Waals surface area contributed by atoms with Gasteiger partial charge in [-0.2, -0.15) is 5.10 Å². The summed E-state index contributed by atoms with van der Waals surface area (Å²) in [7, 11) is 1.62. The number of amides is 1. The van der Waals surface area contributed by atoms with Crippen molar-refractivity contribution in [3.05, 3.63) is 64.2 Å². The van der Waals surface area contributed by atoms with Crippen LogP contribution in [0.2, 0.25) is 5.02 Å². The molecule has 3 heterocycles. The van der Waals surface area contributed by atoms with Crippen molar-refractivity contribution in [1.82, 2.24) is 19.7 Å². The molecule has 1 aliphatic rings. The lowest BCUT2D eigenvalue weighted by atomic mass is 9.77. The first kappa shape index (κ1) is 24.7. The van der Waals surface area contributed by atoms with E-state index in [4.69, 9.17) is 32.3 Å². The van der Waals surface area contributed by atoms with Crippen molar-refractivity contribution in [3.63, 3.8) is 0 Å². The molecule has 11 heteroatoms. The van der Waals surface area contributed by atoms with Crippen molar-refractivity contribution in [2.75, 3.05) is 24.8 Å². The topological polar surface area (TPSA) is 145 Å². The number of nitrogens with one attached hydrogen (secondary N) is 1. The number of nitrogens with two attached hydrogens (primary N) is 1. The average molecular weight is 521 g/mol. The second-order valence-electron chi connectivity index (χ2n) is 9.05. The Hall–Kier alpha value is -4.02. The van der Waals surface area contributed by atoms with Crippen LogP contribution in [0.15, 0.2) is 42.5 Å². The number of hydrogen-bond acceptors (Lipinski definition) is 7. The van der Waals surface area contributed by atoms with Crippen molar-refractivity contribution in [2.24, 2.45) is 0 Å². The molecule has 0 fully saturated rings. The minimum absolute atomic E-state index is 0.0333. The Morgan fingerprint density at radius 3 is 2.68 bits per heavy atom. The standard InChI is InChI=1S/C26H25ClN6O4/c1-26(15-6-3-14(4-7-15)5-10-19(34)35)20-22(28)29-24(30-23(20)31-25(26)36)21-17-9-8-16(27)13-18(17)33(32-21)11-12-37-2/h3-4,6-9,13H,5,10-12H2,1-2H3,(H,34,35)(H3,28,29,30,31,36)/t26-/m1/s1. The Bertz CT molecular complexity index is 1530. The number of rotatable bonds is 8. The number of hydrogen-bond donors (Lipinski definition) is 3. The minimum atomic E-state index is -1.11. The van der Waals surface area contributed by atoms with Crippen LogP contribution in [0, 0.1) is 0 Å². The van der Waals surface area contributed by atoms with Crippen molar-refractivity contribution in [2.45, 2.75) is 31.7 Å². The number of aryl methyl sites for hydroxylation is 1. The van der Waals surface area contributed by atoms with E-state index in [0.29, 0.717) is 47.2 Å². The largest absolute Gasteiger partial charge is 0.481 e. The molecule has 0 aliphatic carbocycles. The van der Waals surface area contributed by atoms with Gasteiger partial charge in [-0.15, -0.1) is 0 Å². The van der Waals surface area contributed by atoms with Gasteiger partial charge in [0.05, 0.1) is 24.2 Å². The summed E-state index contributed by atoms with van der Waals surface area (Å²) in [4.78, 5) is 33.4. The van der Waals surface area contributed by atoms with Crippen LogP contribution in [0.1, 0.15) is 30.0 Å². The second-order valence-corrected chi connectivity index (χ2v) is 9.49. The highest BCUT2D eigenvalue weighted by Gasteiger charge is 2.47. The summed E-state index contributed by atoms with van der Waals surface area (Å²) < 4.78 is 6.99. The fourth-order valence-electron chi connectivity index (χ4n) is 4.71. The van der Waals surface area contributed by atoms with Gasteiger partial charge in [-0.1, -0.05) is 35.9 Å². The number of nitrogens with zero attached hydrogens (tertiary/aromatic N) is 4. The van der Waals surface area contributed by atoms with E-state index >= 15 is 0 Å². The number of carboxylic acid groups (broad SMARTS) is 1. The molecule has 190 valence electrons. The fourth-order valence-corrected chi connectivity index (χ4v) is 4.87. The van der Waals surface area contributed by atoms with E-state index in [9.17, 15) is 9.59 Å². The predicted molar refractivity (Wildman–Crippen MR) is 140 cm³/mol. The first-order chi connectivity index (χ1) is 17.7. The molecule has 4 aromatic rings. The van der Waals surface area contributed by atoms with E-state index in [1.807, 2.05) is 36.4 Å². The zero-order valence-corrected chi connectivity index (χ0v) is 21.0. The summed E-state index contributed by atoms with van der Waals surface area (Å²) in [5.41, 5.74) is 8.73. The van der Waals surface area contributed by atoms with Crippen molar-refractivity contribution in [3.8, 4) is 11.5 Å². The monoisotopic (exact) mass is 520 g/mol. The fraction of sp³-hybridized carbons (Fsp3) is 0.269. The van der Waals surface area contributed by atoms with Crippen LogP contribution in [0.25, 0.3) is 22.4 Å². The lowest BCUT2D eigenvalue weighted by Gasteiger charge is -2.23. The van der Waals surface area contributed by atoms with Crippen LogP contribution in [0.3, 0.4) is 0 Å². The van der Waals surface area contributed by atoms with E-state index in [1.54, 1.807) is 24.8 Å². The molecule has 0 saturated carbocycles. The molecule has 2 aromatic heterocycles. The van der Waals surface area contributed by atoms with Gasteiger partial charge in [-0.25, -0.2) is 9.97 Å². The Morgan fingerprint density at radius 2 is 1.97 bits per heavy atom. The molecule has 0 spiro atoms. The number of aliphatic carboxylic acids is 1. The lowest BCUT2D eigenvalue weighted by molar-refractivity contribution is -0.137. The maximum atomic E-state index is 13.3. The van der Waals surface area contributed by atoms with Gasteiger partial charge in [-0.05, 0) is 42.7 Å². The molecule has 0 unspecified atom stereocenters. The highest BCUT2D eigenvalue weighted by atomic mass is 35.5. The number of halogens is 1. The van der Waals surface area contributed by atoms with Crippen LogP contribution >= 0.6 is 11.6 Å². The molecule has 37 heavy (non-hydrogen) atoms. The number of anilines is 2. The number of aromatic nitrogens is 4. The molecule has 1 atom stereocenters. The van der Waals surface area contributed by atoms with E-state index in [2.05, 4.69) is 15.3 Å². The molecule has 0 bridgehead atoms. The van der Waals surface area contributed by atoms with Gasteiger partial charge in [0.15, 0.2) is 5.82 Å². The summed E-state index contributed by atoms with van der Waals surface area (Å²) in [6, 6.07) is 12.7. The molecule has 1 aliphatic heterocycles. The van der Waals surface area contributed by atoms with E-state index < -0.39 is 11.4 Å². The van der Waals surface area contributed by atoms with Crippen LogP contribution in [-0.2, 0) is 32.7 Å². The first-order valence-electron chi connectivity index (χ1n) is 11.7. The number of benzene rings is 2. The zero-order chi connectivity index (χ0) is 26.3. The molecule has 0 saturated heterocycles. The zero-order valence-electron chi connectivity index (χ0n) is 20.3. The molecule has 4 N–H and O–H groups in total. The number of carboxylic acids is 1. The van der Waals surface area contributed by atoms with Gasteiger partial charge in [-0.3, -0.25) is 14.3 Å². The summed E-state index contributed by atoms with van der Waals surface area (Å²) in [5, 5.41) is 17.9. The van der Waals surface area contributed by atoms with Gasteiger partial charge < -0.3 is 20.9 Å². The van der Waals surface area contributed by atoms with Crippen LogP contribution in [0.4, 0.5) is 11.6 Å². The summed E-state index contributed by atoms with van der Waals surface area (Å²) in [6.07, 6.45) is 0.436. The molecule has 10 nitrogen and oxygen atoms in total. The number of carbonyl (C=O) groups is 2. The Balaban J connectivity index is 1.56. The third-order valence-corrected chi connectivity index (χ3v) is 6.95. The van der Waals surface area contributed by atoms with E-state index in [1.165, 1.54) is 0 Å². The number of fused-ring (bicyclic) bond motifs is 2. The molecule has 2 aromatic carbocycles. The van der Waals surface area contributed by atoms with Gasteiger partial charge in [0.2, 0.25) is 5.91 Å². The molecule has 1 amide bonds. The minimum Gasteiger partial charge on any atom is -0.481 e. The third kappa shape index (κ3) is 4.28. The normalized spacial score (nSPS) is 16.7. The lowest BCUT2D eigenvalue weighted by Crippen LogP contribution is -2.33. The van der Waals surface area contributed by atoms with Crippen LogP contribution in [0.5, 0.6) is 0 Å². The maximum Gasteiger partial charge on any atom is 0.303 e. The SMILES string of the molecule is COCCn1nc(-c2nc(N)c3c(n2)NC(=O)[C@]3(C)c2ccc(CCC(=O)O)cc2)c2ccc(Cl)cc21. The first-order valence-corrected chi connectivity index (χ1v) is 12.1. The predicted octanol–water partition coefficient (Wildman–Crippen LogP) is 3.65. The molecular formula is C26H25ClN6O4. The highest BCUT2D eigenvalue weighted by molar-refractivity contribution is 6.31. The number of ether oxygens (including phenoxy) is 1. The van der Waals surface area contributed by atoms with Crippen molar-refractivity contribution < 1.29 is 19.4 Å². The Labute approximate surface area is 217 Å². The van der Waals surface area contributed by atoms with E-state index in [-0.39, 0.29) is 24.0 Å². The van der Waals surface area contributed by atoms with Gasteiger partial charge >= 0.3 is 5.97 Å². The van der Waals surface area contributed by atoms with Gasteiger partial charge in [0, 0.05) is 23.9 Å². The highest BCUT2D eigenvalue weighted by Crippen LogP contribution is 2.45. The molecular weight excluding hydrogens is 496 g/mol. The second kappa shape index (κ2) is 9.45. The number of nitrogen functional groups attached to an aromatic ring is 1. The van der Waals surface area contributed by atoms with Crippen molar-refractivity contribution in [1.29, 1.82) is 0 Å². The summed E-state index contributed by atoms with van der Waals surface area (Å²) in [5.74, 6) is -0.349. The summed E-state index contributed by atoms with van der Waals surface area (Å²) in [6.45, 7) is 2.74. The smallest absolute Gasteiger partial charge is 0.303 e. The maximum absolute atomic E-state index is 13.3. The third-order valence-electron chi connectivity index (χ3n) is 6.71. The quantitative estimate of drug-likeness (QED) is 0.319.